The first-order chi connectivity index (χ1) is 14.7. The van der Waals surface area contributed by atoms with Gasteiger partial charge in [0.25, 0.3) is 0 Å². The Morgan fingerprint density at radius 1 is 0.933 bits per heavy atom. The van der Waals surface area contributed by atoms with E-state index in [1.807, 2.05) is 0 Å². The second-order valence-corrected chi connectivity index (χ2v) is 10.2. The molecule has 0 spiro atoms. The van der Waals surface area contributed by atoms with Gasteiger partial charge in [-0.25, -0.2) is 0 Å². The molecule has 1 aromatic heterocycles. The van der Waals surface area contributed by atoms with Gasteiger partial charge in [0.2, 0.25) is 5.91 Å². The zero-order chi connectivity index (χ0) is 20.1. The Morgan fingerprint density at radius 3 is 2.27 bits per heavy atom. The molecule has 4 aliphatic rings. The fraction of sp³-hybridized carbons (Fsp3) is 0.444. The highest BCUT2D eigenvalue weighted by Crippen LogP contribution is 2.60. The Hall–Kier alpha value is -2.55. The van der Waals surface area contributed by atoms with Crippen molar-refractivity contribution in [2.24, 2.45) is 23.2 Å². The first-order valence-corrected chi connectivity index (χ1v) is 11.6. The number of rotatable bonds is 5. The van der Waals surface area contributed by atoms with Crippen LogP contribution < -0.4 is 5.32 Å². The van der Waals surface area contributed by atoms with Gasteiger partial charge in [-0.2, -0.15) is 0 Å². The van der Waals surface area contributed by atoms with E-state index in [9.17, 15) is 4.79 Å². The van der Waals surface area contributed by atoms with E-state index < -0.39 is 0 Å². The van der Waals surface area contributed by atoms with Crippen LogP contribution >= 0.6 is 0 Å². The van der Waals surface area contributed by atoms with Crippen molar-refractivity contribution in [2.45, 2.75) is 44.4 Å². The molecule has 0 saturated heterocycles. The largest absolute Gasteiger partial charge is 0.361 e. The van der Waals surface area contributed by atoms with Crippen molar-refractivity contribution in [3.63, 3.8) is 0 Å². The molecule has 3 nitrogen and oxygen atoms in total. The summed E-state index contributed by atoms with van der Waals surface area (Å²) < 4.78 is 0. The average Bonchev–Trinajstić information content (AvgIpc) is 3.18. The predicted molar refractivity (Wildman–Crippen MR) is 120 cm³/mol. The number of hydrogen-bond acceptors (Lipinski definition) is 1. The summed E-state index contributed by atoms with van der Waals surface area (Å²) in [7, 11) is 0. The minimum absolute atomic E-state index is 0.0871. The van der Waals surface area contributed by atoms with E-state index in [1.165, 1.54) is 35.8 Å². The van der Waals surface area contributed by atoms with E-state index >= 15 is 0 Å². The van der Waals surface area contributed by atoms with Gasteiger partial charge < -0.3 is 10.3 Å². The van der Waals surface area contributed by atoms with Crippen molar-refractivity contribution in [2.75, 3.05) is 6.54 Å². The molecule has 2 aromatic carbocycles. The van der Waals surface area contributed by atoms with Crippen molar-refractivity contribution in [3.05, 3.63) is 71.9 Å². The summed E-state index contributed by atoms with van der Waals surface area (Å²) in [4.78, 5) is 17.0. The van der Waals surface area contributed by atoms with Crippen molar-refractivity contribution >= 4 is 16.8 Å². The summed E-state index contributed by atoms with van der Waals surface area (Å²) in [6.07, 6.45) is 9.59. The van der Waals surface area contributed by atoms with Crippen LogP contribution in [-0.4, -0.2) is 17.4 Å². The van der Waals surface area contributed by atoms with Crippen LogP contribution in [0.2, 0.25) is 0 Å². The van der Waals surface area contributed by atoms with E-state index in [0.717, 1.165) is 42.5 Å². The number of carbonyl (C=O) groups excluding carboxylic acids is 1. The van der Waals surface area contributed by atoms with Crippen LogP contribution in [0.25, 0.3) is 10.9 Å². The van der Waals surface area contributed by atoms with Crippen molar-refractivity contribution in [1.82, 2.24) is 10.3 Å². The van der Waals surface area contributed by atoms with Gasteiger partial charge in [0.15, 0.2) is 0 Å². The maximum atomic E-state index is 13.5. The minimum Gasteiger partial charge on any atom is -0.361 e. The second kappa shape index (κ2) is 7.01. The zero-order valence-electron chi connectivity index (χ0n) is 17.4. The number of H-pyrrole nitrogens is 1. The van der Waals surface area contributed by atoms with Gasteiger partial charge in [-0.05, 0) is 73.5 Å². The van der Waals surface area contributed by atoms with E-state index in [1.54, 1.807) is 0 Å². The molecule has 1 heterocycles. The maximum Gasteiger partial charge on any atom is 0.226 e. The van der Waals surface area contributed by atoms with Gasteiger partial charge in [-0.3, -0.25) is 4.79 Å². The molecule has 30 heavy (non-hydrogen) atoms. The molecule has 3 aromatic rings. The normalized spacial score (nSPS) is 30.5. The van der Waals surface area contributed by atoms with Gasteiger partial charge >= 0.3 is 0 Å². The molecule has 0 radical (unpaired) electrons. The molecule has 7 rings (SSSR count). The standard InChI is InChI=1S/C27H30N2O/c30-26(27-13-18-10-19(14-27)12-20(11-18)15-27)29-16-23(21-6-2-1-3-7-21)24-17-28-25-9-5-4-8-22(24)25/h1-9,17-20,23,28H,10-16H2,(H,29,30). The number of aromatic amines is 1. The Balaban J connectivity index is 1.28. The van der Waals surface area contributed by atoms with Crippen LogP contribution in [-0.2, 0) is 4.79 Å². The van der Waals surface area contributed by atoms with Crippen LogP contribution in [0.1, 0.15) is 55.6 Å². The van der Waals surface area contributed by atoms with Crippen molar-refractivity contribution in [3.8, 4) is 0 Å². The van der Waals surface area contributed by atoms with E-state index in [0.29, 0.717) is 12.5 Å². The lowest BCUT2D eigenvalue weighted by Crippen LogP contribution is -2.54. The fourth-order valence-corrected chi connectivity index (χ4v) is 7.25. The molecule has 1 atom stereocenters. The zero-order valence-corrected chi connectivity index (χ0v) is 17.4. The summed E-state index contributed by atoms with van der Waals surface area (Å²) in [6.45, 7) is 0.659. The molecule has 4 bridgehead atoms. The fourth-order valence-electron chi connectivity index (χ4n) is 7.25. The number of carbonyl (C=O) groups is 1. The number of benzene rings is 2. The molecule has 4 saturated carbocycles. The van der Waals surface area contributed by atoms with Crippen LogP contribution in [0.4, 0.5) is 0 Å². The molecule has 154 valence electrons. The Kier molecular flexibility index (Phi) is 4.26. The number of aromatic nitrogens is 1. The Morgan fingerprint density at radius 2 is 1.57 bits per heavy atom. The number of hydrogen-bond donors (Lipinski definition) is 2. The Bertz CT molecular complexity index is 1030. The maximum absolute atomic E-state index is 13.5. The molecule has 2 N–H and O–H groups in total. The SMILES string of the molecule is O=C(NCC(c1ccccc1)c1c[nH]c2ccccc12)C12CC3CC(CC(C3)C1)C2. The summed E-state index contributed by atoms with van der Waals surface area (Å²) in [5.74, 6) is 2.85. The quantitative estimate of drug-likeness (QED) is 0.574. The summed E-state index contributed by atoms with van der Waals surface area (Å²) in [5, 5.41) is 4.68. The lowest BCUT2D eigenvalue weighted by molar-refractivity contribution is -0.146. The molecule has 1 unspecified atom stereocenters. The number of fused-ring (bicyclic) bond motifs is 1. The monoisotopic (exact) mass is 398 g/mol. The summed E-state index contributed by atoms with van der Waals surface area (Å²) in [5.41, 5.74) is 3.59. The predicted octanol–water partition coefficient (Wildman–Crippen LogP) is 5.63. The van der Waals surface area contributed by atoms with E-state index in [4.69, 9.17) is 0 Å². The third-order valence-electron chi connectivity index (χ3n) is 8.19. The number of amides is 1. The Labute approximate surface area is 178 Å². The molecule has 1 amide bonds. The third-order valence-corrected chi connectivity index (χ3v) is 8.19. The molecular weight excluding hydrogens is 368 g/mol. The first kappa shape index (κ1) is 18.2. The topological polar surface area (TPSA) is 44.9 Å². The highest BCUT2D eigenvalue weighted by molar-refractivity contribution is 5.85. The highest BCUT2D eigenvalue weighted by atomic mass is 16.2. The molecule has 0 aliphatic heterocycles. The summed E-state index contributed by atoms with van der Waals surface area (Å²) >= 11 is 0. The lowest BCUT2D eigenvalue weighted by Gasteiger charge is -2.55. The third kappa shape index (κ3) is 2.98. The minimum atomic E-state index is -0.0871. The van der Waals surface area contributed by atoms with Crippen LogP contribution in [0.3, 0.4) is 0 Å². The number of para-hydroxylation sites is 1. The van der Waals surface area contributed by atoms with Crippen LogP contribution in [0.15, 0.2) is 60.8 Å². The van der Waals surface area contributed by atoms with Crippen LogP contribution in [0.5, 0.6) is 0 Å². The molecule has 4 aliphatic carbocycles. The first-order valence-electron chi connectivity index (χ1n) is 11.6. The van der Waals surface area contributed by atoms with Gasteiger partial charge in [-0.15, -0.1) is 0 Å². The lowest BCUT2D eigenvalue weighted by atomic mass is 9.49. The van der Waals surface area contributed by atoms with Gasteiger partial charge in [0, 0.05) is 35.0 Å². The second-order valence-electron chi connectivity index (χ2n) is 10.2. The van der Waals surface area contributed by atoms with Gasteiger partial charge in [0.05, 0.1) is 0 Å². The molecule has 4 fully saturated rings. The van der Waals surface area contributed by atoms with Gasteiger partial charge in [-0.1, -0.05) is 48.5 Å². The highest BCUT2D eigenvalue weighted by Gasteiger charge is 2.54. The molecular formula is C27H30N2O. The van der Waals surface area contributed by atoms with E-state index in [2.05, 4.69) is 71.1 Å². The van der Waals surface area contributed by atoms with E-state index in [-0.39, 0.29) is 11.3 Å². The average molecular weight is 399 g/mol. The smallest absolute Gasteiger partial charge is 0.226 e. The van der Waals surface area contributed by atoms with Crippen molar-refractivity contribution < 1.29 is 4.79 Å². The summed E-state index contributed by atoms with van der Waals surface area (Å²) in [6, 6.07) is 19.1. The molecule has 3 heteroatoms. The number of nitrogens with one attached hydrogen (secondary N) is 2. The van der Waals surface area contributed by atoms with Crippen molar-refractivity contribution in [1.29, 1.82) is 0 Å². The van der Waals surface area contributed by atoms with Crippen LogP contribution in [0, 0.1) is 23.2 Å². The van der Waals surface area contributed by atoms with Gasteiger partial charge in [0.1, 0.15) is 0 Å².